The van der Waals surface area contributed by atoms with Crippen molar-refractivity contribution in [1.82, 2.24) is 10.2 Å². The molecule has 90 valence electrons. The van der Waals surface area contributed by atoms with Crippen molar-refractivity contribution < 1.29 is 0 Å². The molecule has 0 atom stereocenters. The monoisotopic (exact) mass is 304 g/mol. The molecule has 2 nitrogen and oxygen atoms in total. The van der Waals surface area contributed by atoms with E-state index >= 15 is 0 Å². The first-order chi connectivity index (χ1) is 7.25. The average molecular weight is 306 g/mol. The van der Waals surface area contributed by atoms with Crippen LogP contribution in [0.25, 0.3) is 0 Å². The topological polar surface area (TPSA) is 15.3 Å². The number of nitrogens with zero attached hydrogens (tertiary/aromatic N) is 1. The Labute approximate surface area is 112 Å². The van der Waals surface area contributed by atoms with Gasteiger partial charge in [-0.05, 0) is 24.1 Å². The van der Waals surface area contributed by atoms with Crippen molar-refractivity contribution in [1.29, 1.82) is 0 Å². The van der Waals surface area contributed by atoms with E-state index in [1.165, 1.54) is 15.6 Å². The van der Waals surface area contributed by atoms with Gasteiger partial charge in [0.05, 0.1) is 0 Å². The van der Waals surface area contributed by atoms with Gasteiger partial charge in [-0.3, -0.25) is 4.90 Å². The van der Waals surface area contributed by atoms with Crippen molar-refractivity contribution in [3.63, 3.8) is 0 Å². The third-order valence-electron chi connectivity index (χ3n) is 2.81. The van der Waals surface area contributed by atoms with Crippen molar-refractivity contribution in [3.05, 3.63) is 33.8 Å². The van der Waals surface area contributed by atoms with Crippen LogP contribution in [0.3, 0.4) is 0 Å². The maximum atomic E-state index is 3.63. The van der Waals surface area contributed by atoms with Gasteiger partial charge in [-0.15, -0.1) is 12.4 Å². The largest absolute Gasteiger partial charge is 0.314 e. The molecule has 0 aliphatic carbocycles. The number of piperazine rings is 1. The van der Waals surface area contributed by atoms with Gasteiger partial charge in [-0.25, -0.2) is 0 Å². The van der Waals surface area contributed by atoms with Crippen LogP contribution in [0.2, 0.25) is 0 Å². The van der Waals surface area contributed by atoms with Crippen molar-refractivity contribution in [3.8, 4) is 0 Å². The van der Waals surface area contributed by atoms with Crippen LogP contribution in [0.4, 0.5) is 0 Å². The summed E-state index contributed by atoms with van der Waals surface area (Å²) in [7, 11) is 0. The molecule has 16 heavy (non-hydrogen) atoms. The molecule has 4 heteroatoms. The summed E-state index contributed by atoms with van der Waals surface area (Å²) in [6.45, 7) is 7.72. The summed E-state index contributed by atoms with van der Waals surface area (Å²) in [6, 6.07) is 6.60. The molecule has 0 aromatic heterocycles. The Morgan fingerprint density at radius 1 is 1.31 bits per heavy atom. The SMILES string of the molecule is Cc1ccc(CN2CCNCC2)c(Br)c1.Cl. The molecular formula is C12H18BrClN2. The minimum Gasteiger partial charge on any atom is -0.314 e. The summed E-state index contributed by atoms with van der Waals surface area (Å²) in [4.78, 5) is 2.49. The number of aryl methyl sites for hydroxylation is 1. The van der Waals surface area contributed by atoms with Gasteiger partial charge in [-0.2, -0.15) is 0 Å². The van der Waals surface area contributed by atoms with Gasteiger partial charge in [0.2, 0.25) is 0 Å². The predicted molar refractivity (Wildman–Crippen MR) is 74.3 cm³/mol. The van der Waals surface area contributed by atoms with E-state index in [1.54, 1.807) is 0 Å². The van der Waals surface area contributed by atoms with E-state index < -0.39 is 0 Å². The quantitative estimate of drug-likeness (QED) is 0.903. The summed E-state index contributed by atoms with van der Waals surface area (Å²) >= 11 is 3.63. The third-order valence-corrected chi connectivity index (χ3v) is 3.55. The molecule has 1 aliphatic heterocycles. The maximum absolute atomic E-state index is 3.63. The van der Waals surface area contributed by atoms with Gasteiger partial charge in [0.25, 0.3) is 0 Å². The number of hydrogen-bond acceptors (Lipinski definition) is 2. The fourth-order valence-electron chi connectivity index (χ4n) is 1.89. The van der Waals surface area contributed by atoms with E-state index in [0.29, 0.717) is 0 Å². The van der Waals surface area contributed by atoms with Crippen LogP contribution >= 0.6 is 28.3 Å². The predicted octanol–water partition coefficient (Wildman–Crippen LogP) is 2.58. The summed E-state index contributed by atoms with van der Waals surface area (Å²) in [6.07, 6.45) is 0. The summed E-state index contributed by atoms with van der Waals surface area (Å²) in [5.74, 6) is 0. The smallest absolute Gasteiger partial charge is 0.0246 e. The highest BCUT2D eigenvalue weighted by atomic mass is 79.9. The lowest BCUT2D eigenvalue weighted by atomic mass is 10.1. The van der Waals surface area contributed by atoms with Gasteiger partial charge in [0.15, 0.2) is 0 Å². The van der Waals surface area contributed by atoms with E-state index in [4.69, 9.17) is 0 Å². The Balaban J connectivity index is 0.00000128. The molecule has 1 fully saturated rings. The van der Waals surface area contributed by atoms with E-state index in [9.17, 15) is 0 Å². The highest BCUT2D eigenvalue weighted by molar-refractivity contribution is 9.10. The van der Waals surface area contributed by atoms with Gasteiger partial charge in [0, 0.05) is 37.2 Å². The molecule has 0 unspecified atom stereocenters. The first kappa shape index (κ1) is 14.0. The van der Waals surface area contributed by atoms with Crippen LogP contribution in [0.15, 0.2) is 22.7 Å². The second kappa shape index (κ2) is 6.60. The van der Waals surface area contributed by atoms with E-state index in [-0.39, 0.29) is 12.4 Å². The van der Waals surface area contributed by atoms with Crippen LogP contribution in [0, 0.1) is 6.92 Å². The number of rotatable bonds is 2. The van der Waals surface area contributed by atoms with E-state index in [1.807, 2.05) is 0 Å². The number of halogens is 2. The molecule has 1 saturated heterocycles. The molecule has 1 aromatic rings. The van der Waals surface area contributed by atoms with Crippen LogP contribution in [0.1, 0.15) is 11.1 Å². The Morgan fingerprint density at radius 2 is 2.00 bits per heavy atom. The van der Waals surface area contributed by atoms with Crippen molar-refractivity contribution >= 4 is 28.3 Å². The highest BCUT2D eigenvalue weighted by Gasteiger charge is 2.11. The third kappa shape index (κ3) is 3.74. The zero-order chi connectivity index (χ0) is 10.7. The van der Waals surface area contributed by atoms with Crippen LogP contribution in [-0.2, 0) is 6.54 Å². The molecule has 0 radical (unpaired) electrons. The average Bonchev–Trinajstić information content (AvgIpc) is 2.24. The minimum absolute atomic E-state index is 0. The molecule has 0 spiro atoms. The normalized spacial score (nSPS) is 16.9. The lowest BCUT2D eigenvalue weighted by Gasteiger charge is -2.27. The molecule has 0 bridgehead atoms. The molecule has 1 N–H and O–H groups in total. The zero-order valence-corrected chi connectivity index (χ0v) is 11.9. The molecule has 0 amide bonds. The zero-order valence-electron chi connectivity index (χ0n) is 9.50. The summed E-state index contributed by atoms with van der Waals surface area (Å²) < 4.78 is 1.24. The van der Waals surface area contributed by atoms with Crippen LogP contribution < -0.4 is 5.32 Å². The second-order valence-electron chi connectivity index (χ2n) is 4.12. The van der Waals surface area contributed by atoms with Crippen molar-refractivity contribution in [2.24, 2.45) is 0 Å². The lowest BCUT2D eigenvalue weighted by Crippen LogP contribution is -2.42. The highest BCUT2D eigenvalue weighted by Crippen LogP contribution is 2.20. The maximum Gasteiger partial charge on any atom is 0.0246 e. The minimum atomic E-state index is 0. The fraction of sp³-hybridized carbons (Fsp3) is 0.500. The first-order valence-corrected chi connectivity index (χ1v) is 6.23. The van der Waals surface area contributed by atoms with Crippen molar-refractivity contribution in [2.75, 3.05) is 26.2 Å². The Kier molecular flexibility index (Phi) is 5.76. The summed E-state index contributed by atoms with van der Waals surface area (Å²) in [5.41, 5.74) is 2.70. The lowest BCUT2D eigenvalue weighted by molar-refractivity contribution is 0.233. The molecule has 1 aromatic carbocycles. The van der Waals surface area contributed by atoms with E-state index in [0.717, 1.165) is 32.7 Å². The summed E-state index contributed by atoms with van der Waals surface area (Å²) in [5, 5.41) is 3.37. The van der Waals surface area contributed by atoms with Crippen LogP contribution in [-0.4, -0.2) is 31.1 Å². The Hall–Kier alpha value is -0.0900. The van der Waals surface area contributed by atoms with Crippen molar-refractivity contribution in [2.45, 2.75) is 13.5 Å². The first-order valence-electron chi connectivity index (χ1n) is 5.44. The van der Waals surface area contributed by atoms with Gasteiger partial charge >= 0.3 is 0 Å². The second-order valence-corrected chi connectivity index (χ2v) is 4.98. The number of hydrogen-bond donors (Lipinski definition) is 1. The van der Waals surface area contributed by atoms with Gasteiger partial charge in [0.1, 0.15) is 0 Å². The van der Waals surface area contributed by atoms with Gasteiger partial charge < -0.3 is 5.32 Å². The standard InChI is InChI=1S/C12H17BrN2.ClH/c1-10-2-3-11(12(13)8-10)9-15-6-4-14-5-7-15;/h2-3,8,14H,4-7,9H2,1H3;1H. The Morgan fingerprint density at radius 3 is 2.62 bits per heavy atom. The van der Waals surface area contributed by atoms with Crippen LogP contribution in [0.5, 0.6) is 0 Å². The molecular weight excluding hydrogens is 288 g/mol. The molecule has 2 rings (SSSR count). The molecule has 1 aliphatic rings. The number of nitrogens with one attached hydrogen (secondary N) is 1. The molecule has 0 saturated carbocycles. The number of benzene rings is 1. The van der Waals surface area contributed by atoms with E-state index in [2.05, 4.69) is 51.3 Å². The Bertz CT molecular complexity index is 338. The fourth-order valence-corrected chi connectivity index (χ4v) is 2.51. The molecule has 1 heterocycles. The van der Waals surface area contributed by atoms with Gasteiger partial charge in [-0.1, -0.05) is 28.1 Å².